The molecule has 3 rings (SSSR count). The maximum Gasteiger partial charge on any atom is 0.433 e. The summed E-state index contributed by atoms with van der Waals surface area (Å²) in [4.78, 5) is 18.4. The summed E-state index contributed by atoms with van der Waals surface area (Å²) < 4.78 is 39.6. The molecule has 0 saturated heterocycles. The number of carboxylic acids is 1. The predicted molar refractivity (Wildman–Crippen MR) is 63.1 cm³/mol. The van der Waals surface area contributed by atoms with Crippen LogP contribution in [-0.4, -0.2) is 30.8 Å². The molecule has 0 spiro atoms. The van der Waals surface area contributed by atoms with Crippen molar-refractivity contribution >= 4 is 5.97 Å². The normalized spacial score (nSPS) is 15.2. The van der Waals surface area contributed by atoms with Crippen LogP contribution in [0.25, 0.3) is 5.82 Å². The van der Waals surface area contributed by atoms with E-state index in [0.717, 1.165) is 23.6 Å². The molecule has 0 aliphatic heterocycles. The standard InChI is InChI=1S/C12H9F3N4O2/c13-12(14,15)8-5-9(17-10(16-8)6-1-2-6)19-4-3-7(18-19)11(20)21/h3-6H,1-2H2,(H,20,21). The second-order valence-electron chi connectivity index (χ2n) is 4.69. The monoisotopic (exact) mass is 298 g/mol. The molecule has 0 amide bonds. The summed E-state index contributed by atoms with van der Waals surface area (Å²) in [7, 11) is 0. The number of carboxylic acid groups (broad SMARTS) is 1. The molecule has 110 valence electrons. The van der Waals surface area contributed by atoms with Crippen LogP contribution in [0.15, 0.2) is 18.3 Å². The van der Waals surface area contributed by atoms with Crippen molar-refractivity contribution < 1.29 is 23.1 Å². The van der Waals surface area contributed by atoms with Crippen molar-refractivity contribution in [1.29, 1.82) is 0 Å². The van der Waals surface area contributed by atoms with Gasteiger partial charge in [-0.25, -0.2) is 19.4 Å². The van der Waals surface area contributed by atoms with E-state index in [0.29, 0.717) is 0 Å². The Morgan fingerprint density at radius 3 is 2.57 bits per heavy atom. The van der Waals surface area contributed by atoms with Gasteiger partial charge in [-0.3, -0.25) is 0 Å². The first-order valence-corrected chi connectivity index (χ1v) is 6.10. The minimum atomic E-state index is -4.59. The molecule has 21 heavy (non-hydrogen) atoms. The molecule has 1 aliphatic rings. The number of nitrogens with zero attached hydrogens (tertiary/aromatic N) is 4. The molecule has 0 atom stereocenters. The van der Waals surface area contributed by atoms with Crippen molar-refractivity contribution in [1.82, 2.24) is 19.7 Å². The molecule has 2 heterocycles. The number of halogens is 3. The van der Waals surface area contributed by atoms with E-state index in [1.807, 2.05) is 0 Å². The molecule has 1 fully saturated rings. The Hall–Kier alpha value is -2.45. The third-order valence-corrected chi connectivity index (χ3v) is 3.01. The van der Waals surface area contributed by atoms with E-state index < -0.39 is 17.8 Å². The molecule has 2 aromatic rings. The highest BCUT2D eigenvalue weighted by Crippen LogP contribution is 2.39. The predicted octanol–water partition coefficient (Wildman–Crippen LogP) is 2.26. The Labute approximate surface area is 116 Å². The highest BCUT2D eigenvalue weighted by Gasteiger charge is 2.36. The first kappa shape index (κ1) is 13.5. The first-order chi connectivity index (χ1) is 9.84. The molecule has 0 bridgehead atoms. The van der Waals surface area contributed by atoms with Gasteiger partial charge in [0.2, 0.25) is 0 Å². The van der Waals surface area contributed by atoms with Gasteiger partial charge in [-0.15, -0.1) is 0 Å². The number of aromatic nitrogens is 4. The minimum absolute atomic E-state index is 0.0689. The number of hydrogen-bond donors (Lipinski definition) is 1. The highest BCUT2D eigenvalue weighted by molar-refractivity contribution is 5.85. The Morgan fingerprint density at radius 2 is 2.05 bits per heavy atom. The van der Waals surface area contributed by atoms with E-state index in [9.17, 15) is 18.0 Å². The number of hydrogen-bond acceptors (Lipinski definition) is 4. The van der Waals surface area contributed by atoms with E-state index in [-0.39, 0.29) is 23.3 Å². The SMILES string of the molecule is O=C(O)c1ccn(-c2cc(C(F)(F)F)nc(C3CC3)n2)n1. The van der Waals surface area contributed by atoms with Gasteiger partial charge in [0.15, 0.2) is 11.5 Å². The number of rotatable bonds is 3. The van der Waals surface area contributed by atoms with Gasteiger partial charge in [0.25, 0.3) is 0 Å². The molecule has 2 aromatic heterocycles. The van der Waals surface area contributed by atoms with Crippen molar-refractivity contribution in [3.8, 4) is 5.82 Å². The van der Waals surface area contributed by atoms with Crippen LogP contribution in [0.2, 0.25) is 0 Å². The Balaban J connectivity index is 2.07. The van der Waals surface area contributed by atoms with E-state index in [2.05, 4.69) is 15.1 Å². The van der Waals surface area contributed by atoms with Crippen molar-refractivity contribution in [2.24, 2.45) is 0 Å². The fourth-order valence-corrected chi connectivity index (χ4v) is 1.80. The third-order valence-electron chi connectivity index (χ3n) is 3.01. The van der Waals surface area contributed by atoms with E-state index in [4.69, 9.17) is 5.11 Å². The molecule has 0 unspecified atom stereocenters. The van der Waals surface area contributed by atoms with Crippen LogP contribution in [0.4, 0.5) is 13.2 Å². The lowest BCUT2D eigenvalue weighted by Crippen LogP contribution is -2.13. The number of aromatic carboxylic acids is 1. The van der Waals surface area contributed by atoms with Gasteiger partial charge in [0, 0.05) is 18.2 Å². The topological polar surface area (TPSA) is 80.9 Å². The van der Waals surface area contributed by atoms with Crippen LogP contribution in [0, 0.1) is 0 Å². The maximum atomic E-state index is 12.9. The van der Waals surface area contributed by atoms with Crippen LogP contribution >= 0.6 is 0 Å². The quantitative estimate of drug-likeness (QED) is 0.940. The summed E-state index contributed by atoms with van der Waals surface area (Å²) >= 11 is 0. The lowest BCUT2D eigenvalue weighted by atomic mass is 10.3. The smallest absolute Gasteiger partial charge is 0.433 e. The van der Waals surface area contributed by atoms with Gasteiger partial charge in [0.1, 0.15) is 11.5 Å². The van der Waals surface area contributed by atoms with Crippen LogP contribution in [0.3, 0.4) is 0 Å². The summed E-state index contributed by atoms with van der Waals surface area (Å²) in [6.07, 6.45) is -1.84. The van der Waals surface area contributed by atoms with Gasteiger partial charge < -0.3 is 5.11 Å². The second kappa shape index (κ2) is 4.54. The molecule has 0 aromatic carbocycles. The van der Waals surface area contributed by atoms with Crippen molar-refractivity contribution in [3.05, 3.63) is 35.5 Å². The third kappa shape index (κ3) is 2.71. The van der Waals surface area contributed by atoms with E-state index in [1.54, 1.807) is 0 Å². The van der Waals surface area contributed by atoms with Gasteiger partial charge in [0.05, 0.1) is 0 Å². The molecular weight excluding hydrogens is 289 g/mol. The Kier molecular flexibility index (Phi) is 2.92. The molecule has 1 aliphatic carbocycles. The minimum Gasteiger partial charge on any atom is -0.476 e. The summed E-state index contributed by atoms with van der Waals surface area (Å²) in [5.41, 5.74) is -1.32. The van der Waals surface area contributed by atoms with Crippen LogP contribution in [0.5, 0.6) is 0 Å². The Bertz CT molecular complexity index is 707. The fourth-order valence-electron chi connectivity index (χ4n) is 1.80. The van der Waals surface area contributed by atoms with Crippen molar-refractivity contribution in [2.45, 2.75) is 24.9 Å². The Morgan fingerprint density at radius 1 is 1.33 bits per heavy atom. The van der Waals surface area contributed by atoms with Gasteiger partial charge in [-0.1, -0.05) is 0 Å². The van der Waals surface area contributed by atoms with E-state index in [1.165, 1.54) is 12.3 Å². The second-order valence-corrected chi connectivity index (χ2v) is 4.69. The number of alkyl halides is 3. The molecule has 6 nitrogen and oxygen atoms in total. The lowest BCUT2D eigenvalue weighted by molar-refractivity contribution is -0.141. The maximum absolute atomic E-state index is 12.9. The summed E-state index contributed by atoms with van der Waals surface area (Å²) in [5.74, 6) is -1.30. The van der Waals surface area contributed by atoms with Crippen LogP contribution < -0.4 is 0 Å². The van der Waals surface area contributed by atoms with Crippen molar-refractivity contribution in [2.75, 3.05) is 0 Å². The zero-order chi connectivity index (χ0) is 15.2. The average molecular weight is 298 g/mol. The fraction of sp³-hybridized carbons (Fsp3) is 0.333. The van der Waals surface area contributed by atoms with Crippen LogP contribution in [0.1, 0.15) is 40.8 Å². The van der Waals surface area contributed by atoms with E-state index >= 15 is 0 Å². The van der Waals surface area contributed by atoms with Gasteiger partial charge >= 0.3 is 12.1 Å². The lowest BCUT2D eigenvalue weighted by Gasteiger charge is -2.10. The summed E-state index contributed by atoms with van der Waals surface area (Å²) in [6, 6.07) is 1.94. The molecule has 1 saturated carbocycles. The highest BCUT2D eigenvalue weighted by atomic mass is 19.4. The first-order valence-electron chi connectivity index (χ1n) is 6.10. The molecular formula is C12H9F3N4O2. The molecule has 1 N–H and O–H groups in total. The average Bonchev–Trinajstić information content (AvgIpc) is 3.14. The van der Waals surface area contributed by atoms with Crippen molar-refractivity contribution in [3.63, 3.8) is 0 Å². The largest absolute Gasteiger partial charge is 0.476 e. The zero-order valence-corrected chi connectivity index (χ0v) is 10.5. The molecule has 0 radical (unpaired) electrons. The molecule has 9 heteroatoms. The summed E-state index contributed by atoms with van der Waals surface area (Å²) in [6.45, 7) is 0. The number of carbonyl (C=O) groups is 1. The van der Waals surface area contributed by atoms with Gasteiger partial charge in [-0.2, -0.15) is 18.3 Å². The van der Waals surface area contributed by atoms with Gasteiger partial charge in [-0.05, 0) is 18.9 Å². The van der Waals surface area contributed by atoms with Crippen LogP contribution in [-0.2, 0) is 6.18 Å². The summed E-state index contributed by atoms with van der Waals surface area (Å²) in [5, 5.41) is 12.5. The zero-order valence-electron chi connectivity index (χ0n) is 10.5.